The molecule has 1 aromatic rings. The van der Waals surface area contributed by atoms with Crippen molar-refractivity contribution < 1.29 is 9.47 Å². The molecule has 0 amide bonds. The second kappa shape index (κ2) is 7.82. The molecule has 4 rings (SSSR count). The van der Waals surface area contributed by atoms with E-state index in [9.17, 15) is 0 Å². The monoisotopic (exact) mass is 386 g/mol. The summed E-state index contributed by atoms with van der Waals surface area (Å²) in [6.45, 7) is 7.53. The van der Waals surface area contributed by atoms with E-state index >= 15 is 0 Å². The maximum atomic E-state index is 5.92. The van der Waals surface area contributed by atoms with E-state index < -0.39 is 0 Å². The van der Waals surface area contributed by atoms with Gasteiger partial charge in [-0.3, -0.25) is 4.99 Å². The van der Waals surface area contributed by atoms with E-state index in [1.807, 2.05) is 19.2 Å². The normalized spacial score (nSPS) is 29.8. The molecule has 3 aliphatic rings. The van der Waals surface area contributed by atoms with Gasteiger partial charge in [-0.2, -0.15) is 0 Å². The molecule has 2 heterocycles. The highest BCUT2D eigenvalue weighted by Crippen LogP contribution is 2.52. The van der Waals surface area contributed by atoms with Crippen LogP contribution in [0.2, 0.25) is 0 Å². The number of rotatable bonds is 4. The Morgan fingerprint density at radius 3 is 2.64 bits per heavy atom. The van der Waals surface area contributed by atoms with Crippen LogP contribution in [0.25, 0.3) is 0 Å². The van der Waals surface area contributed by atoms with Gasteiger partial charge in [-0.1, -0.05) is 26.0 Å². The first-order chi connectivity index (χ1) is 13.5. The molecule has 2 saturated heterocycles. The van der Waals surface area contributed by atoms with Gasteiger partial charge >= 0.3 is 0 Å². The Morgan fingerprint density at radius 1 is 1.18 bits per heavy atom. The van der Waals surface area contributed by atoms with Crippen LogP contribution in [0.15, 0.2) is 29.3 Å². The predicted octanol–water partition coefficient (Wildman–Crippen LogP) is 2.64. The molecule has 3 fully saturated rings. The summed E-state index contributed by atoms with van der Waals surface area (Å²) in [6.07, 6.45) is 3.72. The van der Waals surface area contributed by atoms with Gasteiger partial charge in [-0.05, 0) is 31.4 Å². The molecule has 1 saturated carbocycles. The van der Waals surface area contributed by atoms with Gasteiger partial charge in [-0.25, -0.2) is 0 Å². The zero-order valence-electron chi connectivity index (χ0n) is 17.6. The molecular weight excluding hydrogens is 352 g/mol. The lowest BCUT2D eigenvalue weighted by atomic mass is 9.57. The number of piperidine rings is 1. The summed E-state index contributed by atoms with van der Waals surface area (Å²) in [5.74, 6) is 2.49. The lowest BCUT2D eigenvalue weighted by Crippen LogP contribution is -2.68. The van der Waals surface area contributed by atoms with Crippen molar-refractivity contribution in [1.82, 2.24) is 10.6 Å². The van der Waals surface area contributed by atoms with E-state index in [4.69, 9.17) is 9.47 Å². The van der Waals surface area contributed by atoms with Crippen molar-refractivity contribution >= 4 is 11.6 Å². The zero-order valence-corrected chi connectivity index (χ0v) is 17.6. The van der Waals surface area contributed by atoms with E-state index in [0.29, 0.717) is 24.1 Å². The number of ether oxygens (including phenoxy) is 2. The van der Waals surface area contributed by atoms with Crippen molar-refractivity contribution in [3.63, 3.8) is 0 Å². The third-order valence-electron chi connectivity index (χ3n) is 6.88. The first kappa shape index (κ1) is 19.4. The van der Waals surface area contributed by atoms with Gasteiger partial charge in [0.05, 0.1) is 18.9 Å². The molecule has 0 spiro atoms. The minimum atomic E-state index is 0.159. The maximum absolute atomic E-state index is 5.92. The first-order valence-electron chi connectivity index (χ1n) is 10.5. The highest BCUT2D eigenvalue weighted by molar-refractivity contribution is 5.80. The summed E-state index contributed by atoms with van der Waals surface area (Å²) < 4.78 is 11.4. The van der Waals surface area contributed by atoms with Crippen LogP contribution in [0, 0.1) is 11.3 Å². The zero-order chi connectivity index (χ0) is 19.7. The first-order valence-corrected chi connectivity index (χ1v) is 10.5. The topological polar surface area (TPSA) is 58.1 Å². The molecule has 2 N–H and O–H groups in total. The summed E-state index contributed by atoms with van der Waals surface area (Å²) in [7, 11) is 3.61. The quantitative estimate of drug-likeness (QED) is 0.615. The van der Waals surface area contributed by atoms with Crippen molar-refractivity contribution in [1.29, 1.82) is 0 Å². The van der Waals surface area contributed by atoms with Crippen molar-refractivity contribution in [2.24, 2.45) is 16.3 Å². The molecule has 0 radical (unpaired) electrons. The van der Waals surface area contributed by atoms with Crippen LogP contribution in [0.1, 0.15) is 33.1 Å². The fourth-order valence-corrected chi connectivity index (χ4v) is 5.28. The molecule has 0 aromatic heterocycles. The minimum absolute atomic E-state index is 0.159. The Kier molecular flexibility index (Phi) is 5.41. The van der Waals surface area contributed by atoms with E-state index in [-0.39, 0.29) is 5.41 Å². The molecule has 6 nitrogen and oxygen atoms in total. The largest absolute Gasteiger partial charge is 0.495 e. The van der Waals surface area contributed by atoms with Gasteiger partial charge in [0.15, 0.2) is 5.96 Å². The third-order valence-corrected chi connectivity index (χ3v) is 6.88. The summed E-state index contributed by atoms with van der Waals surface area (Å²) >= 11 is 0. The van der Waals surface area contributed by atoms with Gasteiger partial charge < -0.3 is 25.0 Å². The molecule has 0 bridgehead atoms. The fraction of sp³-hybridized carbons (Fsp3) is 0.682. The Labute approximate surface area is 168 Å². The Morgan fingerprint density at radius 2 is 1.93 bits per heavy atom. The molecule has 28 heavy (non-hydrogen) atoms. The Balaban J connectivity index is 1.31. The SMILES string of the molecule is CN=C(NC1CCN(c2ccccc2OC)CC1)NC1C2CCOC2C1(C)C. The third kappa shape index (κ3) is 3.43. The lowest BCUT2D eigenvalue weighted by Gasteiger charge is -2.55. The van der Waals surface area contributed by atoms with Gasteiger partial charge in [0.25, 0.3) is 0 Å². The molecular formula is C22H34N4O2. The Hall–Kier alpha value is -1.95. The van der Waals surface area contributed by atoms with Gasteiger partial charge in [0.2, 0.25) is 0 Å². The highest BCUT2D eigenvalue weighted by Gasteiger charge is 2.59. The molecule has 1 aromatic carbocycles. The summed E-state index contributed by atoms with van der Waals surface area (Å²) in [5, 5.41) is 7.36. The molecule has 6 heteroatoms. The average Bonchev–Trinajstić information content (AvgIpc) is 3.18. The number of hydrogen-bond acceptors (Lipinski definition) is 4. The van der Waals surface area contributed by atoms with Crippen LogP contribution in [0.3, 0.4) is 0 Å². The molecule has 1 aliphatic carbocycles. The summed E-state index contributed by atoms with van der Waals surface area (Å²) in [6, 6.07) is 9.15. The number of benzene rings is 1. The van der Waals surface area contributed by atoms with E-state index in [1.54, 1.807) is 7.11 Å². The van der Waals surface area contributed by atoms with Crippen molar-refractivity contribution in [3.05, 3.63) is 24.3 Å². The van der Waals surface area contributed by atoms with Gasteiger partial charge in [0, 0.05) is 50.2 Å². The van der Waals surface area contributed by atoms with Crippen molar-refractivity contribution in [2.45, 2.75) is 51.3 Å². The number of nitrogens with zero attached hydrogens (tertiary/aromatic N) is 2. The standard InChI is InChI=1S/C22H34N4O2/c1-22(2)19(16-11-14-28-20(16)22)25-21(23-3)24-15-9-12-26(13-10-15)17-7-5-6-8-18(17)27-4/h5-8,15-16,19-20H,9-14H2,1-4H3,(H2,23,24,25). The smallest absolute Gasteiger partial charge is 0.191 e. The minimum Gasteiger partial charge on any atom is -0.495 e. The highest BCUT2D eigenvalue weighted by atomic mass is 16.5. The number of aliphatic imine (C=N–C) groups is 1. The number of fused-ring (bicyclic) bond motifs is 1. The lowest BCUT2D eigenvalue weighted by molar-refractivity contribution is -0.106. The van der Waals surface area contributed by atoms with Crippen LogP contribution in [0.4, 0.5) is 5.69 Å². The van der Waals surface area contributed by atoms with Crippen LogP contribution < -0.4 is 20.3 Å². The van der Waals surface area contributed by atoms with E-state index in [0.717, 1.165) is 50.7 Å². The number of methoxy groups -OCH3 is 1. The van der Waals surface area contributed by atoms with Crippen LogP contribution in [0.5, 0.6) is 5.75 Å². The molecule has 2 aliphatic heterocycles. The fourth-order valence-electron chi connectivity index (χ4n) is 5.28. The van der Waals surface area contributed by atoms with Crippen LogP contribution >= 0.6 is 0 Å². The van der Waals surface area contributed by atoms with Crippen molar-refractivity contribution in [3.8, 4) is 5.75 Å². The Bertz CT molecular complexity index is 712. The maximum Gasteiger partial charge on any atom is 0.191 e. The summed E-state index contributed by atoms with van der Waals surface area (Å²) in [5.41, 5.74) is 1.35. The molecule has 3 unspecified atom stereocenters. The van der Waals surface area contributed by atoms with E-state index in [2.05, 4.69) is 46.5 Å². The second-order valence-electron chi connectivity index (χ2n) is 8.84. The van der Waals surface area contributed by atoms with Crippen molar-refractivity contribution in [2.75, 3.05) is 38.8 Å². The van der Waals surface area contributed by atoms with E-state index in [1.165, 1.54) is 5.69 Å². The number of para-hydroxylation sites is 2. The summed E-state index contributed by atoms with van der Waals surface area (Å²) in [4.78, 5) is 6.93. The van der Waals surface area contributed by atoms with Crippen LogP contribution in [-0.2, 0) is 4.74 Å². The number of anilines is 1. The number of hydrogen-bond donors (Lipinski definition) is 2. The van der Waals surface area contributed by atoms with Gasteiger partial charge in [0.1, 0.15) is 5.75 Å². The van der Waals surface area contributed by atoms with Crippen LogP contribution in [-0.4, -0.2) is 58.0 Å². The molecule has 3 atom stereocenters. The van der Waals surface area contributed by atoms with Gasteiger partial charge in [-0.15, -0.1) is 0 Å². The predicted molar refractivity (Wildman–Crippen MR) is 113 cm³/mol. The molecule has 154 valence electrons. The number of nitrogens with one attached hydrogen (secondary N) is 2. The average molecular weight is 387 g/mol. The second-order valence-corrected chi connectivity index (χ2v) is 8.84. The number of guanidine groups is 1.